The highest BCUT2D eigenvalue weighted by atomic mass is 127. The van der Waals surface area contributed by atoms with Crippen molar-refractivity contribution in [3.63, 3.8) is 0 Å². The highest BCUT2D eigenvalue weighted by Gasteiger charge is 2.14. The molecule has 1 heterocycles. The van der Waals surface area contributed by atoms with Crippen molar-refractivity contribution in [2.45, 2.75) is 39.7 Å². The van der Waals surface area contributed by atoms with Crippen LogP contribution in [0.3, 0.4) is 0 Å². The van der Waals surface area contributed by atoms with Gasteiger partial charge in [-0.15, -0.1) is 24.0 Å². The van der Waals surface area contributed by atoms with Gasteiger partial charge in [0.1, 0.15) is 5.82 Å². The van der Waals surface area contributed by atoms with Gasteiger partial charge in [0.2, 0.25) is 0 Å². The van der Waals surface area contributed by atoms with E-state index in [9.17, 15) is 4.39 Å². The van der Waals surface area contributed by atoms with Crippen LogP contribution in [0.4, 0.5) is 4.39 Å². The SMILES string of the molecule is CN=C(NCCc1c(F)cccc1Cl)NC(C)Cc1c(C)nn(C)c1C.I. The third-order valence-electron chi connectivity index (χ3n) is 4.51. The molecule has 0 aliphatic heterocycles. The lowest BCUT2D eigenvalue weighted by Gasteiger charge is -2.18. The number of nitrogens with zero attached hydrogens (tertiary/aromatic N) is 3. The molecule has 1 unspecified atom stereocenters. The van der Waals surface area contributed by atoms with Crippen molar-refractivity contribution in [2.75, 3.05) is 13.6 Å². The van der Waals surface area contributed by atoms with E-state index in [2.05, 4.69) is 34.6 Å². The van der Waals surface area contributed by atoms with Crippen LogP contribution in [0, 0.1) is 19.7 Å². The fourth-order valence-corrected chi connectivity index (χ4v) is 3.23. The van der Waals surface area contributed by atoms with Crippen LogP contribution in [0.25, 0.3) is 0 Å². The summed E-state index contributed by atoms with van der Waals surface area (Å²) in [5.74, 6) is 0.405. The number of aromatic nitrogens is 2. The zero-order chi connectivity index (χ0) is 19.3. The van der Waals surface area contributed by atoms with Gasteiger partial charge >= 0.3 is 0 Å². The number of rotatable bonds is 6. The van der Waals surface area contributed by atoms with E-state index in [1.807, 2.05) is 18.7 Å². The molecule has 1 aromatic carbocycles. The van der Waals surface area contributed by atoms with Gasteiger partial charge in [0, 0.05) is 43.0 Å². The van der Waals surface area contributed by atoms with Gasteiger partial charge in [0.05, 0.1) is 5.69 Å². The van der Waals surface area contributed by atoms with E-state index in [1.165, 1.54) is 17.3 Å². The van der Waals surface area contributed by atoms with E-state index in [0.717, 1.165) is 12.1 Å². The van der Waals surface area contributed by atoms with Gasteiger partial charge in [-0.25, -0.2) is 4.39 Å². The summed E-state index contributed by atoms with van der Waals surface area (Å²) >= 11 is 6.06. The zero-order valence-electron chi connectivity index (χ0n) is 16.4. The Kier molecular flexibility index (Phi) is 9.52. The number of nitrogens with one attached hydrogen (secondary N) is 2. The second kappa shape index (κ2) is 10.8. The maximum Gasteiger partial charge on any atom is 0.191 e. The van der Waals surface area contributed by atoms with Gasteiger partial charge < -0.3 is 10.6 Å². The summed E-state index contributed by atoms with van der Waals surface area (Å²) in [5.41, 5.74) is 4.00. The van der Waals surface area contributed by atoms with Crippen LogP contribution < -0.4 is 10.6 Å². The minimum atomic E-state index is -0.279. The van der Waals surface area contributed by atoms with Gasteiger partial charge in [0.15, 0.2) is 5.96 Å². The Balaban J connectivity index is 0.00000364. The molecular formula is C19H28ClFIN5. The van der Waals surface area contributed by atoms with E-state index in [4.69, 9.17) is 11.6 Å². The van der Waals surface area contributed by atoms with E-state index in [0.29, 0.717) is 29.5 Å². The largest absolute Gasteiger partial charge is 0.356 e. The first-order chi connectivity index (χ1) is 12.3. The number of halogens is 3. The van der Waals surface area contributed by atoms with Crippen molar-refractivity contribution >= 4 is 41.5 Å². The van der Waals surface area contributed by atoms with Crippen molar-refractivity contribution in [3.05, 3.63) is 51.6 Å². The van der Waals surface area contributed by atoms with Crippen molar-refractivity contribution in [1.29, 1.82) is 0 Å². The maximum atomic E-state index is 13.8. The average Bonchev–Trinajstić information content (AvgIpc) is 2.82. The van der Waals surface area contributed by atoms with Gasteiger partial charge in [-0.3, -0.25) is 9.67 Å². The van der Waals surface area contributed by atoms with Crippen molar-refractivity contribution in [1.82, 2.24) is 20.4 Å². The molecule has 150 valence electrons. The van der Waals surface area contributed by atoms with Gasteiger partial charge in [-0.2, -0.15) is 5.10 Å². The Bertz CT molecular complexity index is 770. The lowest BCUT2D eigenvalue weighted by atomic mass is 10.1. The standard InChI is InChI=1S/C19H27ClFN5.HI/c1-12(11-16-13(2)25-26(5)14(16)3)24-19(22-4)23-10-9-15-17(20)7-6-8-18(15)21;/h6-8,12H,9-11H2,1-5H3,(H2,22,23,24);1H. The first kappa shape index (κ1) is 23.7. The molecule has 0 aliphatic carbocycles. The lowest BCUT2D eigenvalue weighted by Crippen LogP contribution is -2.43. The van der Waals surface area contributed by atoms with E-state index < -0.39 is 0 Å². The molecule has 0 amide bonds. The predicted molar refractivity (Wildman–Crippen MR) is 121 cm³/mol. The van der Waals surface area contributed by atoms with Crippen LogP contribution in [0.15, 0.2) is 23.2 Å². The molecule has 2 aromatic rings. The van der Waals surface area contributed by atoms with Gasteiger partial charge in [-0.1, -0.05) is 17.7 Å². The first-order valence-electron chi connectivity index (χ1n) is 8.72. The van der Waals surface area contributed by atoms with Crippen LogP contribution in [0.2, 0.25) is 5.02 Å². The van der Waals surface area contributed by atoms with Crippen LogP contribution in [0.1, 0.15) is 29.4 Å². The van der Waals surface area contributed by atoms with Crippen LogP contribution in [0.5, 0.6) is 0 Å². The minimum Gasteiger partial charge on any atom is -0.356 e. The zero-order valence-corrected chi connectivity index (χ0v) is 19.5. The third kappa shape index (κ3) is 6.34. The molecule has 2 rings (SSSR count). The quantitative estimate of drug-likeness (QED) is 0.355. The smallest absolute Gasteiger partial charge is 0.191 e. The summed E-state index contributed by atoms with van der Waals surface area (Å²) in [6, 6.07) is 4.92. The molecule has 5 nitrogen and oxygen atoms in total. The normalized spacial score (nSPS) is 12.5. The van der Waals surface area contributed by atoms with Crippen LogP contribution in [-0.4, -0.2) is 35.4 Å². The average molecular weight is 508 g/mol. The number of benzene rings is 1. The van der Waals surface area contributed by atoms with E-state index in [1.54, 1.807) is 19.2 Å². The number of guanidine groups is 1. The molecular weight excluding hydrogens is 480 g/mol. The molecule has 1 aromatic heterocycles. The molecule has 0 fully saturated rings. The molecule has 2 N–H and O–H groups in total. The Morgan fingerprint density at radius 3 is 2.59 bits per heavy atom. The summed E-state index contributed by atoms with van der Waals surface area (Å²) in [6.45, 7) is 6.75. The molecule has 0 spiro atoms. The van der Waals surface area contributed by atoms with Crippen molar-refractivity contribution < 1.29 is 4.39 Å². The predicted octanol–water partition coefficient (Wildman–Crippen LogP) is 3.79. The second-order valence-electron chi connectivity index (χ2n) is 6.47. The minimum absolute atomic E-state index is 0. The maximum absolute atomic E-state index is 13.8. The monoisotopic (exact) mass is 507 g/mol. The first-order valence-corrected chi connectivity index (χ1v) is 9.10. The number of aryl methyl sites for hydroxylation is 2. The molecule has 1 atom stereocenters. The molecule has 0 saturated heterocycles. The molecule has 27 heavy (non-hydrogen) atoms. The topological polar surface area (TPSA) is 54.2 Å². The molecule has 8 heteroatoms. The Morgan fingerprint density at radius 2 is 2.04 bits per heavy atom. The number of hydrogen-bond donors (Lipinski definition) is 2. The van der Waals surface area contributed by atoms with E-state index in [-0.39, 0.29) is 35.8 Å². The molecule has 0 aliphatic rings. The lowest BCUT2D eigenvalue weighted by molar-refractivity contribution is 0.603. The van der Waals surface area contributed by atoms with Crippen LogP contribution in [-0.2, 0) is 19.9 Å². The van der Waals surface area contributed by atoms with Crippen LogP contribution >= 0.6 is 35.6 Å². The Morgan fingerprint density at radius 1 is 1.33 bits per heavy atom. The second-order valence-corrected chi connectivity index (χ2v) is 6.88. The number of aliphatic imine (C=N–C) groups is 1. The molecule has 0 saturated carbocycles. The highest BCUT2D eigenvalue weighted by Crippen LogP contribution is 2.19. The van der Waals surface area contributed by atoms with Crippen molar-refractivity contribution in [2.24, 2.45) is 12.0 Å². The third-order valence-corrected chi connectivity index (χ3v) is 4.86. The van der Waals surface area contributed by atoms with E-state index >= 15 is 0 Å². The van der Waals surface area contributed by atoms with Crippen molar-refractivity contribution in [3.8, 4) is 0 Å². The highest BCUT2D eigenvalue weighted by molar-refractivity contribution is 14.0. The fourth-order valence-electron chi connectivity index (χ4n) is 2.98. The molecule has 0 bridgehead atoms. The molecule has 0 radical (unpaired) electrons. The summed E-state index contributed by atoms with van der Waals surface area (Å²) in [6.07, 6.45) is 1.34. The summed E-state index contributed by atoms with van der Waals surface area (Å²) < 4.78 is 15.7. The van der Waals surface area contributed by atoms with Gasteiger partial charge in [-0.05, 0) is 51.3 Å². The summed E-state index contributed by atoms with van der Waals surface area (Å²) in [7, 11) is 3.68. The number of hydrogen-bond acceptors (Lipinski definition) is 2. The Hall–Kier alpha value is -1.35. The van der Waals surface area contributed by atoms with Gasteiger partial charge in [0.25, 0.3) is 0 Å². The Labute approximate surface area is 182 Å². The fraction of sp³-hybridized carbons (Fsp3) is 0.474. The summed E-state index contributed by atoms with van der Waals surface area (Å²) in [5, 5.41) is 11.5. The summed E-state index contributed by atoms with van der Waals surface area (Å²) in [4.78, 5) is 4.24.